The Morgan fingerprint density at radius 3 is 2.65 bits per heavy atom. The lowest BCUT2D eigenvalue weighted by molar-refractivity contribution is 0.361. The molecule has 3 heteroatoms. The van der Waals surface area contributed by atoms with Crippen LogP contribution in [0.15, 0.2) is 18.2 Å². The maximum absolute atomic E-state index is 8.93. The fraction of sp³-hybridized carbons (Fsp3) is 0.500. The molecule has 0 bridgehead atoms. The molecule has 3 N–H and O–H groups in total. The van der Waals surface area contributed by atoms with Gasteiger partial charge in [0, 0.05) is 6.04 Å². The highest BCUT2D eigenvalue weighted by Gasteiger charge is 2.18. The molecule has 1 aromatic rings. The van der Waals surface area contributed by atoms with Crippen LogP contribution in [-0.4, -0.2) is 6.04 Å². The van der Waals surface area contributed by atoms with Gasteiger partial charge in [-0.2, -0.15) is 5.26 Å². The zero-order valence-electron chi connectivity index (χ0n) is 10.2. The zero-order chi connectivity index (χ0) is 12.3. The molecule has 0 spiro atoms. The standard InChI is InChI=1S/C14H19N3/c1-10-5-7-12(8-6-10)17-13-4-2-3-11(9-15)14(13)16/h2-4,10,12,17H,5-8,16H2,1H3. The van der Waals surface area contributed by atoms with Crippen molar-refractivity contribution in [3.8, 4) is 6.07 Å². The molecule has 1 aliphatic rings. The summed E-state index contributed by atoms with van der Waals surface area (Å²) in [5.74, 6) is 0.843. The Bertz CT molecular complexity index is 426. The van der Waals surface area contributed by atoms with Gasteiger partial charge in [-0.3, -0.25) is 0 Å². The molecular formula is C14H19N3. The highest BCUT2D eigenvalue weighted by Crippen LogP contribution is 2.29. The normalized spacial score (nSPS) is 24.0. The van der Waals surface area contributed by atoms with Crippen LogP contribution in [0.4, 0.5) is 11.4 Å². The summed E-state index contributed by atoms with van der Waals surface area (Å²) in [5, 5.41) is 12.4. The summed E-state index contributed by atoms with van der Waals surface area (Å²) >= 11 is 0. The van der Waals surface area contributed by atoms with E-state index in [0.717, 1.165) is 11.6 Å². The van der Waals surface area contributed by atoms with E-state index in [1.807, 2.05) is 12.1 Å². The van der Waals surface area contributed by atoms with E-state index in [9.17, 15) is 0 Å². The van der Waals surface area contributed by atoms with E-state index < -0.39 is 0 Å². The second-order valence-corrected chi connectivity index (χ2v) is 4.98. The number of nitrogens with zero attached hydrogens (tertiary/aromatic N) is 1. The number of hydrogen-bond donors (Lipinski definition) is 2. The van der Waals surface area contributed by atoms with Crippen LogP contribution in [0.2, 0.25) is 0 Å². The van der Waals surface area contributed by atoms with E-state index in [-0.39, 0.29) is 0 Å². The van der Waals surface area contributed by atoms with Crippen LogP contribution in [0.1, 0.15) is 38.2 Å². The number of para-hydroxylation sites is 1. The minimum atomic E-state index is 0.502. The topological polar surface area (TPSA) is 61.8 Å². The first-order valence-electron chi connectivity index (χ1n) is 6.26. The number of hydrogen-bond acceptors (Lipinski definition) is 3. The van der Waals surface area contributed by atoms with E-state index in [0.29, 0.717) is 17.3 Å². The average Bonchev–Trinajstić information content (AvgIpc) is 2.35. The van der Waals surface area contributed by atoms with Crippen molar-refractivity contribution < 1.29 is 0 Å². The lowest BCUT2D eigenvalue weighted by Crippen LogP contribution is -2.25. The van der Waals surface area contributed by atoms with Crippen molar-refractivity contribution in [2.75, 3.05) is 11.1 Å². The molecule has 1 aliphatic carbocycles. The molecule has 1 aromatic carbocycles. The molecule has 0 aliphatic heterocycles. The van der Waals surface area contributed by atoms with Crippen LogP contribution in [0.25, 0.3) is 0 Å². The maximum atomic E-state index is 8.93. The van der Waals surface area contributed by atoms with Gasteiger partial charge in [-0.25, -0.2) is 0 Å². The van der Waals surface area contributed by atoms with Gasteiger partial charge >= 0.3 is 0 Å². The van der Waals surface area contributed by atoms with Crippen LogP contribution in [0, 0.1) is 17.2 Å². The number of rotatable bonds is 2. The van der Waals surface area contributed by atoms with E-state index in [1.165, 1.54) is 25.7 Å². The van der Waals surface area contributed by atoms with Crippen LogP contribution in [-0.2, 0) is 0 Å². The first-order valence-corrected chi connectivity index (χ1v) is 6.26. The number of nitrogens with one attached hydrogen (secondary N) is 1. The lowest BCUT2D eigenvalue weighted by Gasteiger charge is -2.28. The molecule has 0 radical (unpaired) electrons. The molecule has 2 rings (SSSR count). The summed E-state index contributed by atoms with van der Waals surface area (Å²) in [7, 11) is 0. The fourth-order valence-electron chi connectivity index (χ4n) is 2.41. The molecule has 1 fully saturated rings. The van der Waals surface area contributed by atoms with Gasteiger partial charge in [0.25, 0.3) is 0 Å². The number of nitrogens with two attached hydrogens (primary N) is 1. The first kappa shape index (κ1) is 11.8. The Labute approximate surface area is 103 Å². The molecule has 0 atom stereocenters. The van der Waals surface area contributed by atoms with Crippen molar-refractivity contribution in [1.29, 1.82) is 5.26 Å². The van der Waals surface area contributed by atoms with Gasteiger partial charge in [0.1, 0.15) is 6.07 Å². The second-order valence-electron chi connectivity index (χ2n) is 4.98. The summed E-state index contributed by atoms with van der Waals surface area (Å²) in [6.07, 6.45) is 4.93. The third-order valence-corrected chi connectivity index (χ3v) is 3.60. The smallest absolute Gasteiger partial charge is 0.101 e. The van der Waals surface area contributed by atoms with Gasteiger partial charge in [0.15, 0.2) is 0 Å². The van der Waals surface area contributed by atoms with Crippen molar-refractivity contribution in [2.45, 2.75) is 38.6 Å². The van der Waals surface area contributed by atoms with Crippen LogP contribution in [0.3, 0.4) is 0 Å². The summed E-state index contributed by atoms with van der Waals surface area (Å²) < 4.78 is 0. The van der Waals surface area contributed by atoms with Crippen molar-refractivity contribution in [3.05, 3.63) is 23.8 Å². The number of nitriles is 1. The molecule has 3 nitrogen and oxygen atoms in total. The van der Waals surface area contributed by atoms with Gasteiger partial charge in [-0.15, -0.1) is 0 Å². The predicted molar refractivity (Wildman–Crippen MR) is 70.6 cm³/mol. The van der Waals surface area contributed by atoms with Crippen molar-refractivity contribution in [2.24, 2.45) is 5.92 Å². The van der Waals surface area contributed by atoms with Gasteiger partial charge in [-0.1, -0.05) is 13.0 Å². The van der Waals surface area contributed by atoms with Crippen molar-refractivity contribution >= 4 is 11.4 Å². The van der Waals surface area contributed by atoms with Gasteiger partial charge < -0.3 is 11.1 Å². The third kappa shape index (κ3) is 2.71. The summed E-state index contributed by atoms with van der Waals surface area (Å²) in [4.78, 5) is 0. The second kappa shape index (κ2) is 5.09. The maximum Gasteiger partial charge on any atom is 0.101 e. The molecule has 17 heavy (non-hydrogen) atoms. The minimum Gasteiger partial charge on any atom is -0.396 e. The average molecular weight is 229 g/mol. The largest absolute Gasteiger partial charge is 0.396 e. The molecule has 0 heterocycles. The highest BCUT2D eigenvalue weighted by atomic mass is 14.9. The summed E-state index contributed by atoms with van der Waals surface area (Å²) in [6, 6.07) is 8.20. The highest BCUT2D eigenvalue weighted by molar-refractivity contribution is 5.73. The summed E-state index contributed by atoms with van der Waals surface area (Å²) in [5.41, 5.74) is 7.99. The molecular weight excluding hydrogens is 210 g/mol. The quantitative estimate of drug-likeness (QED) is 0.766. The van der Waals surface area contributed by atoms with E-state index in [4.69, 9.17) is 11.0 Å². The predicted octanol–water partition coefficient (Wildman–Crippen LogP) is 3.13. The SMILES string of the molecule is CC1CCC(Nc2cccc(C#N)c2N)CC1. The van der Waals surface area contributed by atoms with Gasteiger partial charge in [0.2, 0.25) is 0 Å². The Hall–Kier alpha value is -1.69. The van der Waals surface area contributed by atoms with Crippen LogP contribution < -0.4 is 11.1 Å². The summed E-state index contributed by atoms with van der Waals surface area (Å²) in [6.45, 7) is 2.31. The monoisotopic (exact) mass is 229 g/mol. The first-order chi connectivity index (χ1) is 8.20. The van der Waals surface area contributed by atoms with Crippen LogP contribution >= 0.6 is 0 Å². The molecule has 0 amide bonds. The molecule has 1 saturated carbocycles. The zero-order valence-corrected chi connectivity index (χ0v) is 10.2. The Kier molecular flexibility index (Phi) is 3.53. The van der Waals surface area contributed by atoms with Crippen molar-refractivity contribution in [1.82, 2.24) is 0 Å². The van der Waals surface area contributed by atoms with E-state index in [2.05, 4.69) is 18.3 Å². The van der Waals surface area contributed by atoms with E-state index >= 15 is 0 Å². The lowest BCUT2D eigenvalue weighted by atomic mass is 9.87. The Balaban J connectivity index is 2.06. The fourth-order valence-corrected chi connectivity index (χ4v) is 2.41. The minimum absolute atomic E-state index is 0.502. The molecule has 90 valence electrons. The third-order valence-electron chi connectivity index (χ3n) is 3.60. The molecule has 0 unspecified atom stereocenters. The number of nitrogen functional groups attached to an aromatic ring is 1. The van der Waals surface area contributed by atoms with E-state index in [1.54, 1.807) is 6.07 Å². The van der Waals surface area contributed by atoms with Gasteiger partial charge in [-0.05, 0) is 43.7 Å². The number of anilines is 2. The van der Waals surface area contributed by atoms with Crippen LogP contribution in [0.5, 0.6) is 0 Å². The number of benzene rings is 1. The van der Waals surface area contributed by atoms with Gasteiger partial charge in [0.05, 0.1) is 16.9 Å². The Morgan fingerprint density at radius 1 is 1.29 bits per heavy atom. The molecule has 0 saturated heterocycles. The van der Waals surface area contributed by atoms with Crippen molar-refractivity contribution in [3.63, 3.8) is 0 Å². The molecule has 0 aromatic heterocycles. The Morgan fingerprint density at radius 2 is 2.00 bits per heavy atom.